The average molecular weight is 624 g/mol. The van der Waals surface area contributed by atoms with E-state index in [4.69, 9.17) is 10.5 Å². The summed E-state index contributed by atoms with van der Waals surface area (Å²) in [4.78, 5) is 23.1. The molecule has 1 atom stereocenters. The highest BCUT2D eigenvalue weighted by Gasteiger charge is 2.42. The van der Waals surface area contributed by atoms with Crippen molar-refractivity contribution in [1.29, 1.82) is 0 Å². The fourth-order valence-corrected chi connectivity index (χ4v) is 6.86. The second-order valence-electron chi connectivity index (χ2n) is 12.1. The number of nitrogens with two attached hydrogens (primary N) is 1. The van der Waals surface area contributed by atoms with Gasteiger partial charge in [-0.25, -0.2) is 0 Å². The number of carbonyl (C=O) groups excluding carboxylic acids is 2. The molecule has 4 rings (SSSR count). The van der Waals surface area contributed by atoms with Gasteiger partial charge in [0.1, 0.15) is 6.79 Å². The van der Waals surface area contributed by atoms with Gasteiger partial charge in [-0.05, 0) is 93.3 Å². The van der Waals surface area contributed by atoms with Crippen molar-refractivity contribution in [2.75, 3.05) is 25.4 Å². The molecule has 45 heavy (non-hydrogen) atoms. The molecule has 0 bridgehead atoms. The second-order valence-corrected chi connectivity index (χ2v) is 12.1. The van der Waals surface area contributed by atoms with Crippen molar-refractivity contribution in [3.05, 3.63) is 101 Å². The third-order valence-corrected chi connectivity index (χ3v) is 9.17. The minimum Gasteiger partial charge on any atom is -0.399 e. The summed E-state index contributed by atoms with van der Waals surface area (Å²) in [6, 6.07) is 7.20. The van der Waals surface area contributed by atoms with E-state index in [-0.39, 0.29) is 23.8 Å². The quantitative estimate of drug-likeness (QED) is 0.131. The molecule has 1 heterocycles. The summed E-state index contributed by atoms with van der Waals surface area (Å²) in [5.74, 6) is -0.0790. The van der Waals surface area contributed by atoms with Crippen molar-refractivity contribution in [1.82, 2.24) is 10.2 Å². The molecule has 0 radical (unpaired) electrons. The number of allylic oxidation sites excluding steroid dienone is 11. The molecule has 0 spiro atoms. The van der Waals surface area contributed by atoms with Crippen molar-refractivity contribution in [2.45, 2.75) is 83.4 Å². The maximum atomic E-state index is 13.0. The SMILES string of the molecule is C=C/C=C\C1=C(C)C(CCCCN2CCC(NC(=O)c3cccc(N)c3)CC2)(CCCCC(F)(F)F)C2=C1C=CCC=C2.C=O. The molecule has 0 aromatic heterocycles. The van der Waals surface area contributed by atoms with E-state index in [0.29, 0.717) is 17.7 Å². The number of piperidine rings is 1. The molecule has 1 aromatic carbocycles. The van der Waals surface area contributed by atoms with Gasteiger partial charge in [-0.1, -0.05) is 73.6 Å². The van der Waals surface area contributed by atoms with Crippen molar-refractivity contribution in [2.24, 2.45) is 5.41 Å². The summed E-state index contributed by atoms with van der Waals surface area (Å²) >= 11 is 0. The zero-order valence-electron chi connectivity index (χ0n) is 26.5. The Hall–Kier alpha value is -3.65. The van der Waals surface area contributed by atoms with Crippen LogP contribution in [0.3, 0.4) is 0 Å². The molecular formula is C37H48F3N3O2. The van der Waals surface area contributed by atoms with Gasteiger partial charge in [0, 0.05) is 42.2 Å². The van der Waals surface area contributed by atoms with Crippen LogP contribution in [0.15, 0.2) is 95.7 Å². The van der Waals surface area contributed by atoms with Gasteiger partial charge in [0.25, 0.3) is 5.91 Å². The number of hydrogen-bond donors (Lipinski definition) is 2. The van der Waals surface area contributed by atoms with E-state index in [1.165, 1.54) is 22.3 Å². The van der Waals surface area contributed by atoms with Crippen molar-refractivity contribution in [3.8, 4) is 0 Å². The normalized spacial score (nSPS) is 20.6. The first-order valence-electron chi connectivity index (χ1n) is 16.0. The highest BCUT2D eigenvalue weighted by Crippen LogP contribution is 2.55. The van der Waals surface area contributed by atoms with Crippen LogP contribution >= 0.6 is 0 Å². The minimum atomic E-state index is -4.12. The number of alkyl halides is 3. The van der Waals surface area contributed by atoms with Crippen LogP contribution in [0.25, 0.3) is 0 Å². The van der Waals surface area contributed by atoms with Gasteiger partial charge >= 0.3 is 6.18 Å². The van der Waals surface area contributed by atoms with Gasteiger partial charge in [0.2, 0.25) is 0 Å². The van der Waals surface area contributed by atoms with Crippen LogP contribution in [0.5, 0.6) is 0 Å². The van der Waals surface area contributed by atoms with E-state index in [0.717, 1.165) is 64.6 Å². The number of amides is 1. The number of carbonyl (C=O) groups is 2. The zero-order valence-corrected chi connectivity index (χ0v) is 26.5. The molecule has 1 saturated heterocycles. The van der Waals surface area contributed by atoms with E-state index in [2.05, 4.69) is 54.1 Å². The minimum absolute atomic E-state index is 0.0790. The summed E-state index contributed by atoms with van der Waals surface area (Å²) in [7, 11) is 0. The first kappa shape index (κ1) is 35.8. The highest BCUT2D eigenvalue weighted by molar-refractivity contribution is 5.95. The van der Waals surface area contributed by atoms with Gasteiger partial charge in [0.05, 0.1) is 0 Å². The number of nitrogens with zero attached hydrogens (tertiary/aromatic N) is 1. The van der Waals surface area contributed by atoms with Crippen LogP contribution in [0.1, 0.15) is 81.5 Å². The maximum Gasteiger partial charge on any atom is 0.389 e. The topological polar surface area (TPSA) is 75.4 Å². The fraction of sp³-hybridized carbons (Fsp3) is 0.459. The number of unbranched alkanes of at least 4 members (excludes halogenated alkanes) is 2. The first-order chi connectivity index (χ1) is 21.6. The van der Waals surface area contributed by atoms with Crippen LogP contribution in [-0.2, 0) is 4.79 Å². The van der Waals surface area contributed by atoms with Gasteiger partial charge in [0.15, 0.2) is 0 Å². The van der Waals surface area contributed by atoms with Crippen LogP contribution in [0.2, 0.25) is 0 Å². The van der Waals surface area contributed by atoms with Crippen LogP contribution in [0, 0.1) is 5.41 Å². The molecule has 5 nitrogen and oxygen atoms in total. The number of anilines is 1. The Morgan fingerprint density at radius 3 is 2.44 bits per heavy atom. The Kier molecular flexibility index (Phi) is 13.7. The van der Waals surface area contributed by atoms with Crippen molar-refractivity contribution in [3.63, 3.8) is 0 Å². The predicted molar refractivity (Wildman–Crippen MR) is 178 cm³/mol. The maximum absolute atomic E-state index is 13.0. The summed E-state index contributed by atoms with van der Waals surface area (Å²) < 4.78 is 38.9. The smallest absolute Gasteiger partial charge is 0.389 e. The molecule has 2 aliphatic carbocycles. The number of hydrogen-bond acceptors (Lipinski definition) is 4. The Morgan fingerprint density at radius 1 is 1.09 bits per heavy atom. The Balaban J connectivity index is 0.00000271. The average Bonchev–Trinajstić information content (AvgIpc) is 3.16. The van der Waals surface area contributed by atoms with E-state index in [9.17, 15) is 18.0 Å². The molecule has 0 saturated carbocycles. The number of benzene rings is 1. The monoisotopic (exact) mass is 623 g/mol. The molecule has 1 fully saturated rings. The Bertz CT molecular complexity index is 1320. The highest BCUT2D eigenvalue weighted by atomic mass is 19.4. The van der Waals surface area contributed by atoms with Gasteiger partial charge in [-0.2, -0.15) is 13.2 Å². The number of nitrogens with one attached hydrogen (secondary N) is 1. The van der Waals surface area contributed by atoms with E-state index >= 15 is 0 Å². The zero-order chi connectivity index (χ0) is 32.9. The lowest BCUT2D eigenvalue weighted by Crippen LogP contribution is -2.44. The third-order valence-electron chi connectivity index (χ3n) is 9.17. The number of halogens is 3. The molecule has 8 heteroatoms. The second kappa shape index (κ2) is 17.2. The first-order valence-corrected chi connectivity index (χ1v) is 16.0. The largest absolute Gasteiger partial charge is 0.399 e. The van der Waals surface area contributed by atoms with Crippen molar-refractivity contribution >= 4 is 18.4 Å². The predicted octanol–water partition coefficient (Wildman–Crippen LogP) is 8.44. The van der Waals surface area contributed by atoms with Crippen LogP contribution in [0.4, 0.5) is 18.9 Å². The molecule has 244 valence electrons. The van der Waals surface area contributed by atoms with E-state index < -0.39 is 12.6 Å². The fourth-order valence-electron chi connectivity index (χ4n) is 6.86. The summed E-state index contributed by atoms with van der Waals surface area (Å²) in [6.07, 6.45) is 16.7. The van der Waals surface area contributed by atoms with E-state index in [1.807, 2.05) is 12.9 Å². The molecule has 1 amide bonds. The van der Waals surface area contributed by atoms with Gasteiger partial charge < -0.3 is 20.7 Å². The standard InChI is InChI=1S/C36H46F3N3O.CH2O/c1-3-4-15-31-27(2)35(20-8-9-22-36(37,38)39,33-17-7-5-6-16-32(31)33)21-10-11-23-42-24-18-30(19-25-42)41-34(43)28-13-12-14-29(40)26-28;1-2/h3-4,6-7,12-17,26,30H,1,5,8-11,18-25,40H2,2H3,(H,41,43);1H2/b15-4-;. The molecule has 3 N–H and O–H groups in total. The number of likely N-dealkylation sites (tertiary alicyclic amines) is 1. The Morgan fingerprint density at radius 2 is 1.78 bits per heavy atom. The molecule has 1 aromatic rings. The lowest BCUT2D eigenvalue weighted by atomic mass is 9.69. The Labute approximate surface area is 266 Å². The van der Waals surface area contributed by atoms with Gasteiger partial charge in [-0.15, -0.1) is 0 Å². The molecule has 1 unspecified atom stereocenters. The van der Waals surface area contributed by atoms with E-state index in [1.54, 1.807) is 30.3 Å². The number of nitrogen functional groups attached to an aromatic ring is 1. The lowest BCUT2D eigenvalue weighted by Gasteiger charge is -2.35. The lowest BCUT2D eigenvalue weighted by molar-refractivity contribution is -0.135. The van der Waals surface area contributed by atoms with Crippen LogP contribution < -0.4 is 11.1 Å². The van der Waals surface area contributed by atoms with Crippen molar-refractivity contribution < 1.29 is 22.8 Å². The van der Waals surface area contributed by atoms with Crippen LogP contribution in [-0.4, -0.2) is 49.4 Å². The summed E-state index contributed by atoms with van der Waals surface area (Å²) in [5.41, 5.74) is 11.6. The molecule has 1 aliphatic heterocycles. The number of rotatable bonds is 13. The van der Waals surface area contributed by atoms with Gasteiger partial charge in [-0.3, -0.25) is 4.79 Å². The molecule has 3 aliphatic rings. The third kappa shape index (κ3) is 9.92. The molecular weight excluding hydrogens is 575 g/mol. The summed E-state index contributed by atoms with van der Waals surface area (Å²) in [6.45, 7) is 10.9. The summed E-state index contributed by atoms with van der Waals surface area (Å²) in [5, 5.41) is 3.16.